The van der Waals surface area contributed by atoms with Gasteiger partial charge < -0.3 is 4.57 Å². The molecular weight excluding hydrogens is 284 g/mol. The van der Waals surface area contributed by atoms with E-state index >= 15 is 0 Å². The fourth-order valence-electron chi connectivity index (χ4n) is 2.12. The SMILES string of the molecule is Cc1ccc(-n2ccc(=O)nc2-c2ccc(Cl)cc2)cc1. The Morgan fingerprint density at radius 3 is 2.29 bits per heavy atom. The molecule has 0 fully saturated rings. The van der Waals surface area contributed by atoms with Crippen molar-refractivity contribution in [2.45, 2.75) is 6.92 Å². The Labute approximate surface area is 127 Å². The third-order valence-corrected chi connectivity index (χ3v) is 3.48. The predicted octanol–water partition coefficient (Wildman–Crippen LogP) is 3.86. The van der Waals surface area contributed by atoms with Gasteiger partial charge in [-0.15, -0.1) is 0 Å². The van der Waals surface area contributed by atoms with Gasteiger partial charge in [0.1, 0.15) is 5.82 Å². The minimum absolute atomic E-state index is 0.261. The van der Waals surface area contributed by atoms with E-state index in [0.29, 0.717) is 10.8 Å². The highest BCUT2D eigenvalue weighted by molar-refractivity contribution is 6.30. The Kier molecular flexibility index (Phi) is 3.59. The second-order valence-corrected chi connectivity index (χ2v) is 5.24. The van der Waals surface area contributed by atoms with Crippen molar-refractivity contribution in [3.8, 4) is 17.1 Å². The molecule has 3 nitrogen and oxygen atoms in total. The number of aryl methyl sites for hydroxylation is 1. The summed E-state index contributed by atoms with van der Waals surface area (Å²) >= 11 is 5.92. The molecule has 2 aromatic carbocycles. The van der Waals surface area contributed by atoms with E-state index in [4.69, 9.17) is 11.6 Å². The molecule has 0 saturated heterocycles. The highest BCUT2D eigenvalue weighted by Gasteiger charge is 2.07. The van der Waals surface area contributed by atoms with E-state index in [-0.39, 0.29) is 5.56 Å². The first-order chi connectivity index (χ1) is 10.1. The van der Waals surface area contributed by atoms with Crippen molar-refractivity contribution < 1.29 is 0 Å². The first kappa shape index (κ1) is 13.6. The van der Waals surface area contributed by atoms with E-state index in [0.717, 1.165) is 11.3 Å². The molecule has 0 spiro atoms. The molecule has 0 radical (unpaired) electrons. The van der Waals surface area contributed by atoms with Crippen LogP contribution < -0.4 is 5.56 Å². The van der Waals surface area contributed by atoms with Gasteiger partial charge >= 0.3 is 0 Å². The average molecular weight is 297 g/mol. The number of hydrogen-bond donors (Lipinski definition) is 0. The van der Waals surface area contributed by atoms with Crippen LogP contribution in [0, 0.1) is 6.92 Å². The zero-order chi connectivity index (χ0) is 14.8. The van der Waals surface area contributed by atoms with Crippen LogP contribution in [-0.2, 0) is 0 Å². The highest BCUT2D eigenvalue weighted by atomic mass is 35.5. The van der Waals surface area contributed by atoms with Gasteiger partial charge in [-0.1, -0.05) is 29.3 Å². The molecule has 0 aliphatic heterocycles. The van der Waals surface area contributed by atoms with Crippen LogP contribution in [0.2, 0.25) is 5.02 Å². The van der Waals surface area contributed by atoms with Crippen LogP contribution in [-0.4, -0.2) is 9.55 Å². The Hall–Kier alpha value is -2.39. The molecule has 104 valence electrons. The first-order valence-electron chi connectivity index (χ1n) is 6.56. The maximum Gasteiger partial charge on any atom is 0.273 e. The van der Waals surface area contributed by atoms with Gasteiger partial charge in [-0.3, -0.25) is 4.79 Å². The second kappa shape index (κ2) is 5.54. The molecule has 3 aromatic rings. The Morgan fingerprint density at radius 2 is 1.62 bits per heavy atom. The highest BCUT2D eigenvalue weighted by Crippen LogP contribution is 2.21. The molecule has 0 N–H and O–H groups in total. The van der Waals surface area contributed by atoms with E-state index in [9.17, 15) is 4.79 Å². The molecule has 0 aliphatic carbocycles. The summed E-state index contributed by atoms with van der Waals surface area (Å²) in [6.07, 6.45) is 1.74. The summed E-state index contributed by atoms with van der Waals surface area (Å²) in [6.45, 7) is 2.04. The van der Waals surface area contributed by atoms with Crippen molar-refractivity contribution in [2.24, 2.45) is 0 Å². The predicted molar refractivity (Wildman–Crippen MR) is 85.0 cm³/mol. The number of nitrogens with zero attached hydrogens (tertiary/aromatic N) is 2. The van der Waals surface area contributed by atoms with Gasteiger partial charge in [-0.25, -0.2) is 0 Å². The second-order valence-electron chi connectivity index (χ2n) is 4.80. The van der Waals surface area contributed by atoms with Crippen molar-refractivity contribution in [1.29, 1.82) is 0 Å². The molecule has 0 atom stereocenters. The third kappa shape index (κ3) is 2.88. The molecule has 0 amide bonds. The number of rotatable bonds is 2. The van der Waals surface area contributed by atoms with Crippen molar-refractivity contribution in [3.63, 3.8) is 0 Å². The Balaban J connectivity index is 2.19. The summed E-state index contributed by atoms with van der Waals surface area (Å²) < 4.78 is 1.89. The zero-order valence-electron chi connectivity index (χ0n) is 11.5. The maximum atomic E-state index is 11.6. The topological polar surface area (TPSA) is 34.9 Å². The van der Waals surface area contributed by atoms with E-state index in [1.807, 2.05) is 47.9 Å². The molecule has 0 saturated carbocycles. The van der Waals surface area contributed by atoms with Gasteiger partial charge in [0.2, 0.25) is 0 Å². The average Bonchev–Trinajstić information content (AvgIpc) is 2.49. The molecule has 21 heavy (non-hydrogen) atoms. The molecule has 0 unspecified atom stereocenters. The monoisotopic (exact) mass is 296 g/mol. The summed E-state index contributed by atoms with van der Waals surface area (Å²) in [5.74, 6) is 0.600. The van der Waals surface area contributed by atoms with Crippen molar-refractivity contribution in [2.75, 3.05) is 0 Å². The summed E-state index contributed by atoms with van der Waals surface area (Å²) in [4.78, 5) is 15.8. The van der Waals surface area contributed by atoms with Crippen LogP contribution in [0.5, 0.6) is 0 Å². The van der Waals surface area contributed by atoms with Gasteiger partial charge in [-0.05, 0) is 43.3 Å². The number of benzene rings is 2. The summed E-state index contributed by atoms with van der Waals surface area (Å²) in [7, 11) is 0. The van der Waals surface area contributed by atoms with Gasteiger partial charge in [0, 0.05) is 28.5 Å². The fourth-order valence-corrected chi connectivity index (χ4v) is 2.25. The maximum absolute atomic E-state index is 11.6. The van der Waals surface area contributed by atoms with E-state index in [2.05, 4.69) is 4.98 Å². The third-order valence-electron chi connectivity index (χ3n) is 3.23. The lowest BCUT2D eigenvalue weighted by atomic mass is 10.2. The van der Waals surface area contributed by atoms with E-state index in [1.165, 1.54) is 11.6 Å². The van der Waals surface area contributed by atoms with Crippen LogP contribution in [0.1, 0.15) is 5.56 Å². The van der Waals surface area contributed by atoms with Crippen LogP contribution in [0.4, 0.5) is 0 Å². The minimum Gasteiger partial charge on any atom is -0.301 e. The van der Waals surface area contributed by atoms with Gasteiger partial charge in [0.05, 0.1) is 0 Å². The van der Waals surface area contributed by atoms with E-state index < -0.39 is 0 Å². The summed E-state index contributed by atoms with van der Waals surface area (Å²) in [5, 5.41) is 0.652. The number of aromatic nitrogens is 2. The van der Waals surface area contributed by atoms with Crippen LogP contribution in [0.25, 0.3) is 17.1 Å². The van der Waals surface area contributed by atoms with Gasteiger partial charge in [-0.2, -0.15) is 4.98 Å². The van der Waals surface area contributed by atoms with Crippen LogP contribution in [0.15, 0.2) is 65.6 Å². The molecule has 0 bridgehead atoms. The Morgan fingerprint density at radius 1 is 0.952 bits per heavy atom. The Bertz CT molecular complexity index is 821. The van der Waals surface area contributed by atoms with Gasteiger partial charge in [0.25, 0.3) is 5.56 Å². The quantitative estimate of drug-likeness (QED) is 0.720. The summed E-state index contributed by atoms with van der Waals surface area (Å²) in [5.41, 5.74) is 2.72. The van der Waals surface area contributed by atoms with Gasteiger partial charge in [0.15, 0.2) is 0 Å². The smallest absolute Gasteiger partial charge is 0.273 e. The first-order valence-corrected chi connectivity index (χ1v) is 6.94. The van der Waals surface area contributed by atoms with Crippen LogP contribution in [0.3, 0.4) is 0 Å². The lowest BCUT2D eigenvalue weighted by Gasteiger charge is -2.12. The van der Waals surface area contributed by atoms with E-state index in [1.54, 1.807) is 18.3 Å². The number of halogens is 1. The van der Waals surface area contributed by atoms with Crippen molar-refractivity contribution >= 4 is 11.6 Å². The largest absolute Gasteiger partial charge is 0.301 e. The van der Waals surface area contributed by atoms with Crippen LogP contribution >= 0.6 is 11.6 Å². The van der Waals surface area contributed by atoms with Crippen molar-refractivity contribution in [1.82, 2.24) is 9.55 Å². The zero-order valence-corrected chi connectivity index (χ0v) is 12.2. The normalized spacial score (nSPS) is 10.6. The standard InChI is InChI=1S/C17H13ClN2O/c1-12-2-8-15(9-3-12)20-11-10-16(21)19-17(20)13-4-6-14(18)7-5-13/h2-11H,1H3. The number of hydrogen-bond acceptors (Lipinski definition) is 2. The molecule has 3 rings (SSSR count). The summed E-state index contributed by atoms with van der Waals surface area (Å²) in [6, 6.07) is 16.8. The van der Waals surface area contributed by atoms with Crippen molar-refractivity contribution in [3.05, 3.63) is 81.7 Å². The molecule has 4 heteroatoms. The fraction of sp³-hybridized carbons (Fsp3) is 0.0588. The molecule has 0 aliphatic rings. The molecular formula is C17H13ClN2O. The lowest BCUT2D eigenvalue weighted by molar-refractivity contribution is 0.975. The molecule has 1 heterocycles. The minimum atomic E-state index is -0.261. The lowest BCUT2D eigenvalue weighted by Crippen LogP contribution is -2.12. The molecule has 1 aromatic heterocycles.